The first-order valence-corrected chi connectivity index (χ1v) is 5.07. The van der Waals surface area contributed by atoms with Gasteiger partial charge in [-0.1, -0.05) is 6.92 Å². The lowest BCUT2D eigenvalue weighted by molar-refractivity contribution is 0.0111. The molecular formula is C11H18N2O2. The van der Waals surface area contributed by atoms with E-state index in [4.69, 9.17) is 4.74 Å². The highest BCUT2D eigenvalue weighted by Gasteiger charge is 2.23. The van der Waals surface area contributed by atoms with Gasteiger partial charge in [0.25, 0.3) is 5.56 Å². The van der Waals surface area contributed by atoms with E-state index in [9.17, 15) is 4.79 Å². The number of hydrogen-bond acceptors (Lipinski definition) is 3. The fourth-order valence-corrected chi connectivity index (χ4v) is 1.41. The maximum absolute atomic E-state index is 11.7. The molecule has 1 heterocycles. The Kier molecular flexibility index (Phi) is 3.29. The van der Waals surface area contributed by atoms with Crippen molar-refractivity contribution >= 4 is 0 Å². The van der Waals surface area contributed by atoms with Crippen LogP contribution in [-0.2, 0) is 16.8 Å². The second kappa shape index (κ2) is 4.14. The summed E-state index contributed by atoms with van der Waals surface area (Å²) in [6, 6.07) is 0. The summed E-state index contributed by atoms with van der Waals surface area (Å²) in [5, 5.41) is 0. The van der Waals surface area contributed by atoms with Crippen LogP contribution in [-0.4, -0.2) is 17.1 Å². The fraction of sp³-hybridized carbons (Fsp3) is 0.636. The lowest BCUT2D eigenvalue weighted by Crippen LogP contribution is -2.29. The Morgan fingerprint density at radius 2 is 2.07 bits per heavy atom. The highest BCUT2D eigenvalue weighted by molar-refractivity contribution is 5.17. The highest BCUT2D eigenvalue weighted by Crippen LogP contribution is 2.19. The molecule has 84 valence electrons. The van der Waals surface area contributed by atoms with Crippen LogP contribution in [0.3, 0.4) is 0 Å². The Morgan fingerprint density at radius 1 is 1.47 bits per heavy atom. The minimum atomic E-state index is -0.559. The van der Waals surface area contributed by atoms with Crippen molar-refractivity contribution in [2.75, 3.05) is 7.11 Å². The first-order valence-electron chi connectivity index (χ1n) is 5.07. The average molecular weight is 210 g/mol. The zero-order valence-electron chi connectivity index (χ0n) is 9.97. The number of ether oxygens (including phenoxy) is 1. The number of hydrogen-bond donors (Lipinski definition) is 1. The average Bonchev–Trinajstić information content (AvgIpc) is 2.17. The van der Waals surface area contributed by atoms with E-state index in [0.717, 1.165) is 11.3 Å². The van der Waals surface area contributed by atoms with Gasteiger partial charge in [0, 0.05) is 18.4 Å². The predicted molar refractivity (Wildman–Crippen MR) is 59.0 cm³/mol. The third-order valence-electron chi connectivity index (χ3n) is 2.66. The molecule has 1 aromatic heterocycles. The summed E-state index contributed by atoms with van der Waals surface area (Å²) in [7, 11) is 1.60. The van der Waals surface area contributed by atoms with Crippen LogP contribution in [0.15, 0.2) is 4.79 Å². The standard InChI is InChI=1S/C11H18N2O2/c1-6-8-7(2)12-10(13-9(8)14)11(3,4)15-5/h6H2,1-5H3,(H,12,13,14). The van der Waals surface area contributed by atoms with Crippen LogP contribution in [0.1, 0.15) is 37.9 Å². The molecular weight excluding hydrogens is 192 g/mol. The summed E-state index contributed by atoms with van der Waals surface area (Å²) < 4.78 is 5.27. The number of nitrogens with one attached hydrogen (secondary N) is 1. The molecule has 0 aliphatic carbocycles. The first kappa shape index (κ1) is 11.9. The van der Waals surface area contributed by atoms with E-state index < -0.39 is 5.60 Å². The van der Waals surface area contributed by atoms with E-state index >= 15 is 0 Å². The molecule has 1 N–H and O–H groups in total. The molecule has 0 saturated carbocycles. The van der Waals surface area contributed by atoms with Gasteiger partial charge in [-0.25, -0.2) is 4.98 Å². The van der Waals surface area contributed by atoms with E-state index in [1.54, 1.807) is 7.11 Å². The normalized spacial score (nSPS) is 11.8. The zero-order chi connectivity index (χ0) is 11.6. The number of aromatic amines is 1. The maximum atomic E-state index is 11.7. The van der Waals surface area contributed by atoms with Crippen LogP contribution in [0, 0.1) is 6.92 Å². The van der Waals surface area contributed by atoms with Crippen LogP contribution in [0.2, 0.25) is 0 Å². The van der Waals surface area contributed by atoms with Crippen molar-refractivity contribution in [2.45, 2.75) is 39.7 Å². The Bertz CT molecular complexity index is 408. The minimum absolute atomic E-state index is 0.0647. The van der Waals surface area contributed by atoms with Crippen LogP contribution >= 0.6 is 0 Å². The quantitative estimate of drug-likeness (QED) is 0.823. The van der Waals surface area contributed by atoms with Crippen LogP contribution in [0.4, 0.5) is 0 Å². The van der Waals surface area contributed by atoms with Crippen molar-refractivity contribution in [3.8, 4) is 0 Å². The SMILES string of the molecule is CCc1c(C)nc(C(C)(C)OC)[nH]c1=O. The summed E-state index contributed by atoms with van der Waals surface area (Å²) in [5.41, 5.74) is 0.896. The molecule has 15 heavy (non-hydrogen) atoms. The minimum Gasteiger partial charge on any atom is -0.371 e. The van der Waals surface area contributed by atoms with Crippen molar-refractivity contribution < 1.29 is 4.74 Å². The van der Waals surface area contributed by atoms with Crippen LogP contribution in [0.5, 0.6) is 0 Å². The smallest absolute Gasteiger partial charge is 0.254 e. The lowest BCUT2D eigenvalue weighted by atomic mass is 10.1. The Balaban J connectivity index is 3.32. The number of methoxy groups -OCH3 is 1. The van der Waals surface area contributed by atoms with Crippen molar-refractivity contribution in [2.24, 2.45) is 0 Å². The number of H-pyrrole nitrogens is 1. The van der Waals surface area contributed by atoms with Gasteiger partial charge in [0.15, 0.2) is 0 Å². The monoisotopic (exact) mass is 210 g/mol. The van der Waals surface area contributed by atoms with Crippen molar-refractivity contribution in [1.82, 2.24) is 9.97 Å². The number of nitrogens with zero attached hydrogens (tertiary/aromatic N) is 1. The van der Waals surface area contributed by atoms with E-state index in [1.165, 1.54) is 0 Å². The highest BCUT2D eigenvalue weighted by atomic mass is 16.5. The van der Waals surface area contributed by atoms with Crippen LogP contribution < -0.4 is 5.56 Å². The second-order valence-corrected chi connectivity index (χ2v) is 4.05. The third kappa shape index (κ3) is 2.26. The number of aryl methyl sites for hydroxylation is 1. The Morgan fingerprint density at radius 3 is 2.47 bits per heavy atom. The van der Waals surface area contributed by atoms with Crippen molar-refractivity contribution in [3.05, 3.63) is 27.4 Å². The molecule has 0 aromatic carbocycles. The molecule has 0 unspecified atom stereocenters. The molecule has 0 atom stereocenters. The topological polar surface area (TPSA) is 55.0 Å². The molecule has 0 fully saturated rings. The van der Waals surface area contributed by atoms with E-state index in [-0.39, 0.29) is 5.56 Å². The molecule has 4 nitrogen and oxygen atoms in total. The van der Waals surface area contributed by atoms with E-state index in [2.05, 4.69) is 9.97 Å². The Hall–Kier alpha value is -1.16. The van der Waals surface area contributed by atoms with Gasteiger partial charge >= 0.3 is 0 Å². The van der Waals surface area contributed by atoms with Gasteiger partial charge < -0.3 is 9.72 Å². The van der Waals surface area contributed by atoms with Crippen molar-refractivity contribution in [3.63, 3.8) is 0 Å². The second-order valence-electron chi connectivity index (χ2n) is 4.05. The molecule has 0 spiro atoms. The van der Waals surface area contributed by atoms with E-state index in [1.807, 2.05) is 27.7 Å². The third-order valence-corrected chi connectivity index (χ3v) is 2.66. The van der Waals surface area contributed by atoms with Crippen molar-refractivity contribution in [1.29, 1.82) is 0 Å². The zero-order valence-corrected chi connectivity index (χ0v) is 9.97. The summed E-state index contributed by atoms with van der Waals surface area (Å²) in [5.74, 6) is 0.574. The summed E-state index contributed by atoms with van der Waals surface area (Å²) in [4.78, 5) is 18.8. The summed E-state index contributed by atoms with van der Waals surface area (Å²) >= 11 is 0. The molecule has 1 rings (SSSR count). The molecule has 0 radical (unpaired) electrons. The molecule has 0 aliphatic heterocycles. The largest absolute Gasteiger partial charge is 0.371 e. The molecule has 0 bridgehead atoms. The molecule has 4 heteroatoms. The molecule has 0 amide bonds. The summed E-state index contributed by atoms with van der Waals surface area (Å²) in [6.07, 6.45) is 0.696. The van der Waals surface area contributed by atoms with Gasteiger partial charge in [0.05, 0.1) is 0 Å². The molecule has 0 aliphatic rings. The van der Waals surface area contributed by atoms with Crippen LogP contribution in [0.25, 0.3) is 0 Å². The maximum Gasteiger partial charge on any atom is 0.254 e. The van der Waals surface area contributed by atoms with Gasteiger partial charge in [-0.3, -0.25) is 4.79 Å². The molecule has 1 aromatic rings. The molecule has 0 saturated heterocycles. The number of rotatable bonds is 3. The van der Waals surface area contributed by atoms with Gasteiger partial charge in [0.2, 0.25) is 0 Å². The predicted octanol–water partition coefficient (Wildman–Crippen LogP) is 1.52. The first-order chi connectivity index (χ1) is 6.92. The van der Waals surface area contributed by atoms with Gasteiger partial charge in [-0.05, 0) is 27.2 Å². The van der Waals surface area contributed by atoms with Gasteiger partial charge in [-0.15, -0.1) is 0 Å². The lowest BCUT2D eigenvalue weighted by Gasteiger charge is -2.22. The van der Waals surface area contributed by atoms with Gasteiger partial charge in [0.1, 0.15) is 11.4 Å². The van der Waals surface area contributed by atoms with Gasteiger partial charge in [-0.2, -0.15) is 0 Å². The summed E-state index contributed by atoms with van der Waals surface area (Å²) in [6.45, 7) is 7.54. The van der Waals surface area contributed by atoms with E-state index in [0.29, 0.717) is 12.2 Å². The fourth-order valence-electron chi connectivity index (χ4n) is 1.41. The Labute approximate surface area is 89.7 Å². The number of aromatic nitrogens is 2.